The van der Waals surface area contributed by atoms with Crippen LogP contribution in [0.15, 0.2) is 112 Å². The third-order valence-electron chi connectivity index (χ3n) is 7.03. The summed E-state index contributed by atoms with van der Waals surface area (Å²) in [7, 11) is -4.20. The van der Waals surface area contributed by atoms with Crippen LogP contribution in [-0.2, 0) is 32.6 Å². The number of benzene rings is 4. The Morgan fingerprint density at radius 3 is 2.07 bits per heavy atom. The highest BCUT2D eigenvalue weighted by Crippen LogP contribution is 2.28. The van der Waals surface area contributed by atoms with Crippen LogP contribution in [0.2, 0.25) is 5.02 Å². The van der Waals surface area contributed by atoms with Gasteiger partial charge < -0.3 is 10.2 Å². The lowest BCUT2D eigenvalue weighted by atomic mass is 10.0. The van der Waals surface area contributed by atoms with Crippen LogP contribution >= 0.6 is 27.5 Å². The first-order valence-electron chi connectivity index (χ1n) is 14.2. The summed E-state index contributed by atoms with van der Waals surface area (Å²) < 4.78 is 30.2. The van der Waals surface area contributed by atoms with Crippen LogP contribution in [0.3, 0.4) is 0 Å². The molecular formula is C34H35BrClN3O4S. The molecule has 2 amide bonds. The minimum absolute atomic E-state index is 0.00389. The number of para-hydroxylation sites is 1. The van der Waals surface area contributed by atoms with Crippen molar-refractivity contribution in [1.82, 2.24) is 10.2 Å². The second kappa shape index (κ2) is 14.9. The smallest absolute Gasteiger partial charge is 0.264 e. The Bertz CT molecular complexity index is 1680. The second-order valence-electron chi connectivity index (χ2n) is 10.8. The summed E-state index contributed by atoms with van der Waals surface area (Å²) in [6.07, 6.45) is 0.246. The summed E-state index contributed by atoms with van der Waals surface area (Å²) in [6.45, 7) is 5.08. The van der Waals surface area contributed by atoms with Crippen LogP contribution in [0, 0.1) is 6.92 Å². The van der Waals surface area contributed by atoms with Gasteiger partial charge in [0.25, 0.3) is 10.0 Å². The van der Waals surface area contributed by atoms with E-state index < -0.39 is 28.5 Å². The zero-order valence-electron chi connectivity index (χ0n) is 24.8. The Morgan fingerprint density at radius 1 is 0.841 bits per heavy atom. The normalized spacial score (nSPS) is 12.0. The van der Waals surface area contributed by atoms with E-state index in [-0.39, 0.29) is 29.8 Å². The minimum Gasteiger partial charge on any atom is -0.352 e. The molecule has 230 valence electrons. The van der Waals surface area contributed by atoms with E-state index in [1.54, 1.807) is 31.2 Å². The molecule has 0 aliphatic heterocycles. The van der Waals surface area contributed by atoms with E-state index >= 15 is 0 Å². The van der Waals surface area contributed by atoms with Gasteiger partial charge in [-0.15, -0.1) is 0 Å². The van der Waals surface area contributed by atoms with E-state index in [1.165, 1.54) is 29.2 Å². The Labute approximate surface area is 273 Å². The summed E-state index contributed by atoms with van der Waals surface area (Å²) in [4.78, 5) is 29.7. The fourth-order valence-corrected chi connectivity index (χ4v) is 6.68. The van der Waals surface area contributed by atoms with Crippen LogP contribution in [-0.4, -0.2) is 43.8 Å². The van der Waals surface area contributed by atoms with Crippen LogP contribution < -0.4 is 9.62 Å². The Balaban J connectivity index is 1.81. The van der Waals surface area contributed by atoms with Gasteiger partial charge in [0.1, 0.15) is 12.6 Å². The maximum absolute atomic E-state index is 14.5. The van der Waals surface area contributed by atoms with Gasteiger partial charge >= 0.3 is 0 Å². The van der Waals surface area contributed by atoms with E-state index in [1.807, 2.05) is 68.4 Å². The number of hydrogen-bond acceptors (Lipinski definition) is 4. The lowest BCUT2D eigenvalue weighted by Gasteiger charge is -2.34. The molecule has 4 aromatic carbocycles. The summed E-state index contributed by atoms with van der Waals surface area (Å²) >= 11 is 9.50. The number of halogens is 2. The van der Waals surface area contributed by atoms with Crippen molar-refractivity contribution >= 4 is 55.1 Å². The molecule has 7 nitrogen and oxygen atoms in total. The summed E-state index contributed by atoms with van der Waals surface area (Å²) in [5.41, 5.74) is 2.70. The van der Waals surface area contributed by atoms with Crippen molar-refractivity contribution in [3.05, 3.63) is 129 Å². The summed E-state index contributed by atoms with van der Waals surface area (Å²) in [6, 6.07) is 28.7. The number of nitrogens with one attached hydrogen (secondary N) is 1. The van der Waals surface area contributed by atoms with E-state index in [0.29, 0.717) is 16.3 Å². The van der Waals surface area contributed by atoms with Gasteiger partial charge in [-0.3, -0.25) is 13.9 Å². The van der Waals surface area contributed by atoms with E-state index in [2.05, 4.69) is 21.2 Å². The van der Waals surface area contributed by atoms with Crippen LogP contribution in [0.1, 0.15) is 30.5 Å². The van der Waals surface area contributed by atoms with Crippen molar-refractivity contribution in [2.24, 2.45) is 0 Å². The van der Waals surface area contributed by atoms with E-state index in [0.717, 1.165) is 19.9 Å². The zero-order valence-corrected chi connectivity index (χ0v) is 27.9. The molecule has 1 N–H and O–H groups in total. The molecular weight excluding hydrogens is 662 g/mol. The lowest BCUT2D eigenvalue weighted by Crippen LogP contribution is -2.54. The van der Waals surface area contributed by atoms with Gasteiger partial charge in [-0.2, -0.15) is 0 Å². The molecule has 10 heteroatoms. The standard InChI is InChI=1S/C34H35BrClN3O4S/c1-24(2)37-34(41)32(21-26-10-5-4-6-11-26)38(22-27-13-15-28(35)16-14-27)33(40)23-39(31-12-8-7-9-25(31)3)44(42,43)30-19-17-29(36)18-20-30/h4-20,24,32H,21-23H2,1-3H3,(H,37,41)/t32-/m0/s1. The van der Waals surface area contributed by atoms with Gasteiger partial charge in [0.2, 0.25) is 11.8 Å². The monoisotopic (exact) mass is 695 g/mol. The predicted molar refractivity (Wildman–Crippen MR) is 179 cm³/mol. The fourth-order valence-electron chi connectivity index (χ4n) is 4.81. The van der Waals surface area contributed by atoms with Gasteiger partial charge in [0.15, 0.2) is 0 Å². The number of nitrogens with zero attached hydrogens (tertiary/aromatic N) is 2. The maximum Gasteiger partial charge on any atom is 0.264 e. The Kier molecular flexibility index (Phi) is 11.2. The average molecular weight is 697 g/mol. The first-order chi connectivity index (χ1) is 21.0. The van der Waals surface area contributed by atoms with Gasteiger partial charge in [0, 0.05) is 28.5 Å². The van der Waals surface area contributed by atoms with Gasteiger partial charge in [-0.25, -0.2) is 8.42 Å². The molecule has 0 saturated carbocycles. The number of hydrogen-bond donors (Lipinski definition) is 1. The highest BCUT2D eigenvalue weighted by molar-refractivity contribution is 9.10. The van der Waals surface area contributed by atoms with Crippen molar-refractivity contribution in [2.75, 3.05) is 10.8 Å². The van der Waals surface area contributed by atoms with E-state index in [9.17, 15) is 18.0 Å². The highest BCUT2D eigenvalue weighted by atomic mass is 79.9. The molecule has 0 aliphatic rings. The summed E-state index contributed by atoms with van der Waals surface area (Å²) in [5, 5.41) is 3.36. The quantitative estimate of drug-likeness (QED) is 0.177. The highest BCUT2D eigenvalue weighted by Gasteiger charge is 2.35. The molecule has 4 aromatic rings. The molecule has 4 rings (SSSR count). The first kappa shape index (κ1) is 33.2. The molecule has 0 spiro atoms. The SMILES string of the molecule is Cc1ccccc1N(CC(=O)N(Cc1ccc(Br)cc1)[C@@H](Cc1ccccc1)C(=O)NC(C)C)S(=O)(=O)c1ccc(Cl)cc1. The van der Waals surface area contributed by atoms with Gasteiger partial charge in [0.05, 0.1) is 10.6 Å². The molecule has 44 heavy (non-hydrogen) atoms. The molecule has 0 fully saturated rings. The van der Waals surface area contributed by atoms with Crippen LogP contribution in [0.25, 0.3) is 0 Å². The molecule has 0 aromatic heterocycles. The number of amides is 2. The summed E-state index contributed by atoms with van der Waals surface area (Å²) in [5.74, 6) is -0.842. The van der Waals surface area contributed by atoms with Gasteiger partial charge in [-0.1, -0.05) is 88.2 Å². The number of carbonyl (C=O) groups excluding carboxylic acids is 2. The van der Waals surface area contributed by atoms with Crippen molar-refractivity contribution < 1.29 is 18.0 Å². The van der Waals surface area contributed by atoms with Crippen LogP contribution in [0.5, 0.6) is 0 Å². The molecule has 0 bridgehead atoms. The number of anilines is 1. The molecule has 1 atom stereocenters. The van der Waals surface area contributed by atoms with Crippen molar-refractivity contribution in [3.8, 4) is 0 Å². The van der Waals surface area contributed by atoms with Crippen LogP contribution in [0.4, 0.5) is 5.69 Å². The molecule has 0 radical (unpaired) electrons. The zero-order chi connectivity index (χ0) is 31.9. The van der Waals surface area contributed by atoms with Crippen molar-refractivity contribution in [3.63, 3.8) is 0 Å². The number of carbonyl (C=O) groups is 2. The third-order valence-corrected chi connectivity index (χ3v) is 9.59. The maximum atomic E-state index is 14.5. The molecule has 0 saturated heterocycles. The topological polar surface area (TPSA) is 86.8 Å². The Morgan fingerprint density at radius 2 is 1.45 bits per heavy atom. The molecule has 0 heterocycles. The average Bonchev–Trinajstić information content (AvgIpc) is 2.99. The predicted octanol–water partition coefficient (Wildman–Crippen LogP) is 6.77. The van der Waals surface area contributed by atoms with Crippen molar-refractivity contribution in [2.45, 2.75) is 50.7 Å². The first-order valence-corrected chi connectivity index (χ1v) is 16.8. The largest absolute Gasteiger partial charge is 0.352 e. The second-order valence-corrected chi connectivity index (χ2v) is 14.0. The molecule has 0 aliphatic carbocycles. The minimum atomic E-state index is -4.20. The fraction of sp³-hybridized carbons (Fsp3) is 0.235. The van der Waals surface area contributed by atoms with Crippen molar-refractivity contribution in [1.29, 1.82) is 0 Å². The number of aryl methyl sites for hydroxylation is 1. The van der Waals surface area contributed by atoms with E-state index in [4.69, 9.17) is 11.6 Å². The molecule has 0 unspecified atom stereocenters. The number of sulfonamides is 1. The Hall–Kier alpha value is -3.66. The number of rotatable bonds is 12. The lowest BCUT2D eigenvalue weighted by molar-refractivity contribution is -0.140. The third kappa shape index (κ3) is 8.49. The van der Waals surface area contributed by atoms with Gasteiger partial charge in [-0.05, 0) is 79.9 Å².